The fraction of sp³-hybridized carbons (Fsp3) is 0.571. The zero-order chi connectivity index (χ0) is 25.0. The minimum absolute atomic E-state index is 0.178. The first-order chi connectivity index (χ1) is 15.0. The minimum atomic E-state index is -4.85. The molecule has 0 spiro atoms. The molecule has 0 saturated heterocycles. The van der Waals surface area contributed by atoms with Crippen molar-refractivity contribution >= 4 is 35.2 Å². The summed E-state index contributed by atoms with van der Waals surface area (Å²) in [5.74, 6) is -0.873. The van der Waals surface area contributed by atoms with Gasteiger partial charge in [-0.1, -0.05) is 23.7 Å². The molecule has 2 amide bonds. The van der Waals surface area contributed by atoms with E-state index in [4.69, 9.17) is 22.1 Å². The number of ether oxygens (including phenoxy) is 1. The summed E-state index contributed by atoms with van der Waals surface area (Å²) in [6.07, 6.45) is -7.51. The van der Waals surface area contributed by atoms with Gasteiger partial charge in [0.1, 0.15) is 5.60 Å². The number of nitrogens with one attached hydrogen (secondary N) is 1. The van der Waals surface area contributed by atoms with Gasteiger partial charge >= 0.3 is 12.3 Å². The van der Waals surface area contributed by atoms with Gasteiger partial charge in [0.25, 0.3) is 0 Å². The number of rotatable bonds is 2. The van der Waals surface area contributed by atoms with Gasteiger partial charge in [-0.05, 0) is 33.8 Å². The van der Waals surface area contributed by atoms with Crippen LogP contribution in [0.4, 0.5) is 23.7 Å². The molecular formula is C21H26ClF3N4O4. The van der Waals surface area contributed by atoms with Crippen molar-refractivity contribution < 1.29 is 32.6 Å². The van der Waals surface area contributed by atoms with E-state index < -0.39 is 53.8 Å². The molecule has 0 bridgehead atoms. The number of benzene rings is 1. The quantitative estimate of drug-likeness (QED) is 0.546. The Bertz CT molecular complexity index is 1000. The maximum Gasteiger partial charge on any atom is 0.417 e. The van der Waals surface area contributed by atoms with Gasteiger partial charge in [0, 0.05) is 24.4 Å². The van der Waals surface area contributed by atoms with Crippen molar-refractivity contribution in [2.75, 3.05) is 5.73 Å². The van der Waals surface area contributed by atoms with Crippen LogP contribution in [-0.2, 0) is 15.1 Å². The van der Waals surface area contributed by atoms with Gasteiger partial charge in [-0.25, -0.2) is 9.79 Å². The summed E-state index contributed by atoms with van der Waals surface area (Å²) in [5.41, 5.74) is 1.52. The highest BCUT2D eigenvalue weighted by atomic mass is 35.5. The van der Waals surface area contributed by atoms with E-state index in [-0.39, 0.29) is 23.1 Å². The molecule has 182 valence electrons. The van der Waals surface area contributed by atoms with Gasteiger partial charge in [-0.15, -0.1) is 0 Å². The number of alkyl halides is 3. The number of carbonyl (C=O) groups is 2. The SMILES string of the molecule is CC(C)(C)OC(=O)NC1=N[C@](C)(c2cccc(N)c2Cl)CC(=O)N1C1CC(O)(C(F)(F)F)C1. The Kier molecular flexibility index (Phi) is 6.12. The minimum Gasteiger partial charge on any atom is -0.444 e. The summed E-state index contributed by atoms with van der Waals surface area (Å²) in [7, 11) is 0. The van der Waals surface area contributed by atoms with E-state index in [0.717, 1.165) is 4.90 Å². The summed E-state index contributed by atoms with van der Waals surface area (Å²) in [6.45, 7) is 6.49. The molecule has 1 atom stereocenters. The molecule has 1 heterocycles. The number of amides is 2. The topological polar surface area (TPSA) is 117 Å². The van der Waals surface area contributed by atoms with Crippen molar-refractivity contribution in [1.29, 1.82) is 0 Å². The molecule has 12 heteroatoms. The van der Waals surface area contributed by atoms with Crippen molar-refractivity contribution in [2.45, 2.75) is 75.9 Å². The third-order valence-corrected chi connectivity index (χ3v) is 6.03. The fourth-order valence-corrected chi connectivity index (χ4v) is 4.27. The molecule has 4 N–H and O–H groups in total. The third-order valence-electron chi connectivity index (χ3n) is 5.61. The monoisotopic (exact) mass is 490 g/mol. The van der Waals surface area contributed by atoms with Crippen molar-refractivity contribution in [1.82, 2.24) is 10.2 Å². The highest BCUT2D eigenvalue weighted by Crippen LogP contribution is 2.48. The predicted octanol–water partition coefficient (Wildman–Crippen LogP) is 3.71. The lowest BCUT2D eigenvalue weighted by molar-refractivity contribution is -0.296. The number of anilines is 1. The lowest BCUT2D eigenvalue weighted by Crippen LogP contribution is -2.67. The van der Waals surface area contributed by atoms with Crippen LogP contribution in [0, 0.1) is 0 Å². The van der Waals surface area contributed by atoms with E-state index >= 15 is 0 Å². The fourth-order valence-electron chi connectivity index (χ4n) is 3.94. The number of aliphatic hydroxyl groups is 1. The third kappa shape index (κ3) is 4.89. The molecule has 3 rings (SSSR count). The van der Waals surface area contributed by atoms with Crippen LogP contribution in [0.2, 0.25) is 5.02 Å². The zero-order valence-corrected chi connectivity index (χ0v) is 19.3. The number of hydrogen-bond donors (Lipinski definition) is 3. The second-order valence-electron chi connectivity index (χ2n) is 9.58. The first-order valence-electron chi connectivity index (χ1n) is 10.2. The van der Waals surface area contributed by atoms with Crippen molar-refractivity contribution in [2.24, 2.45) is 4.99 Å². The Labute approximate surface area is 193 Å². The summed E-state index contributed by atoms with van der Waals surface area (Å²) >= 11 is 6.34. The number of halogens is 4. The van der Waals surface area contributed by atoms with Gasteiger partial charge in [0.2, 0.25) is 11.9 Å². The maximum absolute atomic E-state index is 13.2. The standard InChI is InChI=1S/C21H26ClF3N4O4/c1-18(2,3)33-17(31)27-16-28-19(4,12-6-5-7-13(26)15(12)22)10-14(30)29(16)11-8-20(32,9-11)21(23,24)25/h5-7,11,32H,8-10,26H2,1-4H3,(H,27,28,31)/t11?,19-,20?/m0/s1. The van der Waals surface area contributed by atoms with E-state index in [9.17, 15) is 27.9 Å². The van der Waals surface area contributed by atoms with Crippen LogP contribution in [0.25, 0.3) is 0 Å². The number of nitrogens with zero attached hydrogens (tertiary/aromatic N) is 2. The highest BCUT2D eigenvalue weighted by Gasteiger charge is 2.63. The number of nitrogens with two attached hydrogens (primary N) is 1. The Morgan fingerprint density at radius 2 is 1.94 bits per heavy atom. The van der Waals surface area contributed by atoms with Crippen LogP contribution >= 0.6 is 11.6 Å². The second kappa shape index (κ2) is 8.05. The number of alkyl carbamates (subject to hydrolysis) is 1. The molecule has 0 unspecified atom stereocenters. The van der Waals surface area contributed by atoms with E-state index in [0.29, 0.717) is 5.56 Å². The summed E-state index contributed by atoms with van der Waals surface area (Å²) in [4.78, 5) is 31.1. The molecule has 1 aliphatic heterocycles. The molecule has 1 saturated carbocycles. The first-order valence-corrected chi connectivity index (χ1v) is 10.6. The molecule has 1 fully saturated rings. The normalized spacial score (nSPS) is 28.2. The van der Waals surface area contributed by atoms with Crippen molar-refractivity contribution in [3.63, 3.8) is 0 Å². The van der Waals surface area contributed by atoms with Crippen LogP contribution in [0.5, 0.6) is 0 Å². The van der Waals surface area contributed by atoms with Gasteiger partial charge in [-0.3, -0.25) is 15.0 Å². The smallest absolute Gasteiger partial charge is 0.417 e. The van der Waals surface area contributed by atoms with Crippen LogP contribution in [-0.4, -0.2) is 51.4 Å². The number of guanidine groups is 1. The van der Waals surface area contributed by atoms with Crippen molar-refractivity contribution in [3.05, 3.63) is 28.8 Å². The first kappa shape index (κ1) is 25.1. The molecule has 1 aliphatic carbocycles. The number of nitrogen functional groups attached to an aromatic ring is 1. The molecule has 0 aromatic heterocycles. The summed E-state index contributed by atoms with van der Waals surface area (Å²) in [5, 5.41) is 12.4. The van der Waals surface area contributed by atoms with Crippen LogP contribution in [0.1, 0.15) is 52.5 Å². The molecule has 33 heavy (non-hydrogen) atoms. The van der Waals surface area contributed by atoms with Crippen LogP contribution in [0.3, 0.4) is 0 Å². The van der Waals surface area contributed by atoms with Gasteiger partial charge in [0.05, 0.1) is 22.7 Å². The maximum atomic E-state index is 13.2. The molecular weight excluding hydrogens is 465 g/mol. The molecule has 8 nitrogen and oxygen atoms in total. The molecule has 1 aromatic carbocycles. The lowest BCUT2D eigenvalue weighted by atomic mass is 9.73. The Balaban J connectivity index is 2.00. The average Bonchev–Trinajstić information content (AvgIpc) is 2.59. The number of carbonyl (C=O) groups excluding carboxylic acids is 2. The highest BCUT2D eigenvalue weighted by molar-refractivity contribution is 6.34. The van der Waals surface area contributed by atoms with E-state index in [2.05, 4.69) is 10.3 Å². The Morgan fingerprint density at radius 3 is 2.48 bits per heavy atom. The van der Waals surface area contributed by atoms with Crippen molar-refractivity contribution in [3.8, 4) is 0 Å². The van der Waals surface area contributed by atoms with Crippen LogP contribution < -0.4 is 11.1 Å². The van der Waals surface area contributed by atoms with Gasteiger partial charge in [0.15, 0.2) is 5.60 Å². The summed E-state index contributed by atoms with van der Waals surface area (Å²) < 4.78 is 44.7. The summed E-state index contributed by atoms with van der Waals surface area (Å²) in [6, 6.07) is 3.81. The van der Waals surface area contributed by atoms with E-state index in [1.807, 2.05) is 0 Å². The Morgan fingerprint density at radius 1 is 1.33 bits per heavy atom. The largest absolute Gasteiger partial charge is 0.444 e. The molecule has 1 aromatic rings. The van der Waals surface area contributed by atoms with Gasteiger partial charge in [-0.2, -0.15) is 13.2 Å². The predicted molar refractivity (Wildman–Crippen MR) is 116 cm³/mol. The molecule has 2 aliphatic rings. The number of hydrogen-bond acceptors (Lipinski definition) is 6. The lowest BCUT2D eigenvalue weighted by Gasteiger charge is -2.50. The van der Waals surface area contributed by atoms with E-state index in [1.165, 1.54) is 0 Å². The van der Waals surface area contributed by atoms with Gasteiger partial charge < -0.3 is 15.6 Å². The Hall–Kier alpha value is -2.53. The van der Waals surface area contributed by atoms with E-state index in [1.54, 1.807) is 45.9 Å². The number of aliphatic imine (C=N–C) groups is 1. The van der Waals surface area contributed by atoms with Crippen LogP contribution in [0.15, 0.2) is 23.2 Å². The zero-order valence-electron chi connectivity index (χ0n) is 18.6. The second-order valence-corrected chi connectivity index (χ2v) is 9.95. The average molecular weight is 491 g/mol. The molecule has 0 radical (unpaired) electrons.